The van der Waals surface area contributed by atoms with E-state index in [0.29, 0.717) is 12.0 Å². The molecule has 716 valence electrons. The molecule has 1 saturated heterocycles. The number of nitrogens with two attached hydrogens (primary N) is 4. The Kier molecular flexibility index (Phi) is 51.1. The molecule has 34 N–H and O–H groups in total. The second-order valence-electron chi connectivity index (χ2n) is 30.1. The number of amides is 18. The highest BCUT2D eigenvalue weighted by Gasteiger charge is 2.42. The molecule has 0 unspecified atom stereocenters. The predicted molar refractivity (Wildman–Crippen MR) is 448 cm³/mol. The van der Waals surface area contributed by atoms with Gasteiger partial charge < -0.3 is 159 Å². The van der Waals surface area contributed by atoms with Gasteiger partial charge in [0.2, 0.25) is 106 Å². The Morgan fingerprint density at radius 3 is 1.30 bits per heavy atom. The van der Waals surface area contributed by atoms with Crippen molar-refractivity contribution >= 4 is 143 Å². The van der Waals surface area contributed by atoms with Crippen LogP contribution in [0.25, 0.3) is 0 Å². The van der Waals surface area contributed by atoms with E-state index in [1.165, 1.54) is 12.1 Å². The molecule has 1 heterocycles. The number of likely N-dealkylation sites (tertiary alicyclic amines) is 1. The molecule has 128 heavy (non-hydrogen) atoms. The predicted octanol–water partition coefficient (Wildman–Crippen LogP) is -14.1. The number of rotatable bonds is 61. The minimum atomic E-state index is -2.06. The third-order valence-electron chi connectivity index (χ3n) is 19.1. The van der Waals surface area contributed by atoms with Crippen LogP contribution in [-0.4, -0.2) is 345 Å². The summed E-state index contributed by atoms with van der Waals surface area (Å²) in [6.07, 6.45) is -4.27. The highest BCUT2D eigenvalue weighted by Crippen LogP contribution is 2.21. The second-order valence-corrected chi connectivity index (χ2v) is 30.5. The summed E-state index contributed by atoms with van der Waals surface area (Å²) in [5.41, 5.74) is 22.5. The Hall–Kier alpha value is -12.6. The fraction of sp³-hybridized carbons (Fsp3) is 0.627. The lowest BCUT2D eigenvalue weighted by Gasteiger charge is -2.30. The first-order valence-electron chi connectivity index (χ1n) is 40.6. The fourth-order valence-electron chi connectivity index (χ4n) is 12.2. The summed E-state index contributed by atoms with van der Waals surface area (Å²) >= 11 is 3.89. The third kappa shape index (κ3) is 41.3. The molecule has 15 atom stereocenters. The maximum absolute atomic E-state index is 14.4. The molecule has 53 heteroatoms. The van der Waals surface area contributed by atoms with Gasteiger partial charge in [-0.15, -0.1) is 0 Å². The van der Waals surface area contributed by atoms with Crippen molar-refractivity contribution < 1.29 is 142 Å². The van der Waals surface area contributed by atoms with Crippen molar-refractivity contribution in [3.63, 3.8) is 0 Å². The number of carbonyl (C=O) groups excluding carboxylic acids is 18. The van der Waals surface area contributed by atoms with Crippen LogP contribution in [0.2, 0.25) is 0 Å². The van der Waals surface area contributed by atoms with Crippen molar-refractivity contribution in [3.05, 3.63) is 35.9 Å². The number of nitrogens with zero attached hydrogens (tertiary/aromatic N) is 1. The number of nitrogens with one attached hydrogen (secondary N) is 18. The molecule has 2 rings (SSSR count). The van der Waals surface area contributed by atoms with Crippen molar-refractivity contribution in [1.29, 1.82) is 5.41 Å². The van der Waals surface area contributed by atoms with Gasteiger partial charge in [0.1, 0.15) is 84.6 Å². The third-order valence-corrected chi connectivity index (χ3v) is 19.5. The SMILES string of the molecule is CC(C)C[C@H](NC(=O)[C@H](CO)NC(=O)[C@H](CO)NC(=O)[C@@H](N)CS)C(=O)N[C@@H](CC(=O)O)C(=O)N[C@@H](CCC(=O)O)C(=O)N1CCC[C@H]1C(=O)NCC(=O)N[C@@H](CCCNC(=N)N)C(=O)NCC(=O)NCC(=O)N[C@@H](Cc1ccccc1)C(=O)N[C@@H](CO)C(=O)N[C@@H](CO)C(=O)N[C@@H](CCC(=O)O)C(=O)N[C@@H](CO)C(=O)N[C@@H](CCCCN)C(=O)N[C@H](C(N)=O)C(C)C. The molecule has 0 spiro atoms. The molecular weight excluding hydrogens is 1720 g/mol. The lowest BCUT2D eigenvalue weighted by atomic mass is 10.0. The number of thiol groups is 1. The smallest absolute Gasteiger partial charge is 0.305 e. The molecular formula is C75H121N23O29S. The molecule has 1 aromatic carbocycles. The quantitative estimate of drug-likeness (QED) is 0.0125. The topological polar surface area (TPSA) is 856 Å². The Bertz CT molecular complexity index is 4000. The lowest BCUT2D eigenvalue weighted by molar-refractivity contribution is -0.144. The number of guanidine groups is 1. The fourth-order valence-corrected chi connectivity index (χ4v) is 12.3. The number of aliphatic carboxylic acids is 3. The molecule has 0 aromatic heterocycles. The van der Waals surface area contributed by atoms with Gasteiger partial charge in [0, 0.05) is 38.1 Å². The average molecular weight is 1840 g/mol. The first-order chi connectivity index (χ1) is 60.4. The van der Waals surface area contributed by atoms with E-state index < -0.39 is 317 Å². The van der Waals surface area contributed by atoms with Gasteiger partial charge in [-0.05, 0) is 88.2 Å². The monoisotopic (exact) mass is 1840 g/mol. The van der Waals surface area contributed by atoms with Gasteiger partial charge in [0.05, 0.1) is 65.1 Å². The van der Waals surface area contributed by atoms with Gasteiger partial charge >= 0.3 is 17.9 Å². The van der Waals surface area contributed by atoms with E-state index in [2.05, 4.69) is 103 Å². The van der Waals surface area contributed by atoms with Crippen LogP contribution in [-0.2, 0) is 107 Å². The standard InChI is InChI=1S/C75H121N23O29S/c1-36(2)24-44(90-70(123)50(33-102)96-71(124)47(30-99)92-61(114)39(77)35-128)65(118)91-46(26-58(111)112)67(120)89-43(18-20-57(109)110)74(127)98-23-11-16-52(98)73(126)84-29-55(106)85-40(15-10-22-81-75(79)80)62(115)83-27-53(104)82-28-54(105)86-45(25-38-12-6-5-7-13-38)66(119)94-51(34-103)72(125)95-49(32-101)69(122)88-42(17-19-56(107)108)63(116)93-48(31-100)68(121)87-41(14-8-9-21-76)64(117)97-59(37(3)4)60(78)113/h5-7,12-13,36-37,39-52,59,99-103,128H,8-11,14-35,76-77H2,1-4H3,(H2,78,113)(H,82,104)(H,83,115)(H,84,126)(H,85,106)(H,86,105)(H,87,121)(H,88,122)(H,89,120)(H,90,123)(H,91,118)(H,92,114)(H,93,116)(H,94,119)(H,95,125)(H,96,124)(H,97,117)(H,107,108)(H,109,110)(H,111,112)(H4,79,80,81)/t39-,40-,41-,42-,43-,44-,45-,46-,47-,48-,49-,50-,51-,52-,59-/m0/s1. The number of aliphatic hydroxyl groups is 5. The number of primary amides is 1. The summed E-state index contributed by atoms with van der Waals surface area (Å²) in [5, 5.41) is 126. The van der Waals surface area contributed by atoms with Gasteiger partial charge in [-0.1, -0.05) is 58.0 Å². The maximum Gasteiger partial charge on any atom is 0.305 e. The van der Waals surface area contributed by atoms with Crippen LogP contribution >= 0.6 is 12.6 Å². The Morgan fingerprint density at radius 2 is 0.844 bits per heavy atom. The summed E-state index contributed by atoms with van der Waals surface area (Å²) in [5.74, 6) is -26.3. The van der Waals surface area contributed by atoms with Crippen molar-refractivity contribution in [3.8, 4) is 0 Å². The minimum Gasteiger partial charge on any atom is -0.481 e. The van der Waals surface area contributed by atoms with Crippen molar-refractivity contribution in [2.24, 2.45) is 34.8 Å². The van der Waals surface area contributed by atoms with Gasteiger partial charge in [0.15, 0.2) is 5.96 Å². The molecule has 18 amide bonds. The van der Waals surface area contributed by atoms with E-state index in [9.17, 15) is 142 Å². The Balaban J connectivity index is 2.26. The molecule has 0 saturated carbocycles. The zero-order valence-electron chi connectivity index (χ0n) is 70.9. The zero-order chi connectivity index (χ0) is 96.6. The van der Waals surface area contributed by atoms with Crippen LogP contribution in [0, 0.1) is 17.2 Å². The van der Waals surface area contributed by atoms with Crippen LogP contribution in [0.1, 0.15) is 117 Å². The van der Waals surface area contributed by atoms with Gasteiger partial charge in [0.25, 0.3) is 0 Å². The largest absolute Gasteiger partial charge is 0.481 e. The van der Waals surface area contributed by atoms with Gasteiger partial charge in [-0.2, -0.15) is 12.6 Å². The normalized spacial score (nSPS) is 15.5. The van der Waals surface area contributed by atoms with Crippen LogP contribution in [0.5, 0.6) is 0 Å². The number of hydrogen-bond acceptors (Lipinski definition) is 30. The second kappa shape index (κ2) is 58.7. The highest BCUT2D eigenvalue weighted by atomic mass is 32.1. The maximum atomic E-state index is 14.4. The van der Waals surface area contributed by atoms with Crippen LogP contribution in [0.15, 0.2) is 30.3 Å². The van der Waals surface area contributed by atoms with E-state index in [-0.39, 0.29) is 76.8 Å². The molecule has 0 bridgehead atoms. The van der Waals surface area contributed by atoms with E-state index in [1.54, 1.807) is 45.9 Å². The van der Waals surface area contributed by atoms with Crippen LogP contribution < -0.4 is 113 Å². The summed E-state index contributed by atoms with van der Waals surface area (Å²) in [6.45, 7) is -2.02. The van der Waals surface area contributed by atoms with Gasteiger partial charge in [-0.3, -0.25) is 106 Å². The van der Waals surface area contributed by atoms with E-state index in [4.69, 9.17) is 28.3 Å². The summed E-state index contributed by atoms with van der Waals surface area (Å²) in [7, 11) is 0. The van der Waals surface area contributed by atoms with Crippen molar-refractivity contribution in [2.45, 2.75) is 208 Å². The number of unbranched alkanes of at least 4 members (excludes halogenated alkanes) is 1. The Labute approximate surface area is 739 Å². The average Bonchev–Trinajstić information content (AvgIpc) is 1.73. The number of carboxylic acids is 3. The van der Waals surface area contributed by atoms with Gasteiger partial charge in [-0.25, -0.2) is 0 Å². The molecule has 0 aliphatic carbocycles. The Morgan fingerprint density at radius 1 is 0.445 bits per heavy atom. The zero-order valence-corrected chi connectivity index (χ0v) is 71.8. The van der Waals surface area contributed by atoms with E-state index in [1.807, 2.05) is 0 Å². The number of carboxylic acid groups (broad SMARTS) is 3. The van der Waals surface area contributed by atoms with Crippen LogP contribution in [0.4, 0.5) is 0 Å². The number of benzene rings is 1. The molecule has 1 aliphatic heterocycles. The molecule has 52 nitrogen and oxygen atoms in total. The van der Waals surface area contributed by atoms with Crippen LogP contribution in [0.3, 0.4) is 0 Å². The number of aliphatic hydroxyl groups excluding tert-OH is 5. The molecule has 1 aliphatic rings. The number of carbonyl (C=O) groups is 21. The van der Waals surface area contributed by atoms with E-state index >= 15 is 0 Å². The molecule has 0 radical (unpaired) electrons. The lowest BCUT2D eigenvalue weighted by Crippen LogP contribution is -2.61. The molecule has 1 fully saturated rings. The van der Waals surface area contributed by atoms with Crippen molar-refractivity contribution in [1.82, 2.24) is 95.3 Å². The summed E-state index contributed by atoms with van der Waals surface area (Å²) < 4.78 is 0. The van der Waals surface area contributed by atoms with Crippen molar-refractivity contribution in [2.75, 3.05) is 78.1 Å². The van der Waals surface area contributed by atoms with E-state index in [0.717, 1.165) is 4.90 Å². The first-order valence-corrected chi connectivity index (χ1v) is 41.3. The summed E-state index contributed by atoms with van der Waals surface area (Å²) in [6, 6.07) is -17.3. The summed E-state index contributed by atoms with van der Waals surface area (Å²) in [4.78, 5) is 280. The number of hydrogen-bond donors (Lipinski definition) is 31. The first kappa shape index (κ1) is 111. The minimum absolute atomic E-state index is 0.0181. The molecule has 1 aromatic rings. The highest BCUT2D eigenvalue weighted by molar-refractivity contribution is 7.80.